The van der Waals surface area contributed by atoms with Gasteiger partial charge >= 0.3 is 0 Å². The third kappa shape index (κ3) is 3.41. The fraction of sp³-hybridized carbons (Fsp3) is 0.400. The van der Waals surface area contributed by atoms with E-state index in [9.17, 15) is 0 Å². The Labute approximate surface area is 118 Å². The van der Waals surface area contributed by atoms with Crippen molar-refractivity contribution in [2.75, 3.05) is 13.2 Å². The van der Waals surface area contributed by atoms with E-state index in [-0.39, 0.29) is 6.10 Å². The maximum absolute atomic E-state index is 5.88. The molecule has 0 aliphatic carbocycles. The SMILES string of the molecule is CCOC(c1ccccc1)c1nc(C)c(CCN)s1. The number of thiazole rings is 1. The molecule has 0 aliphatic rings. The molecule has 0 amide bonds. The van der Waals surface area contributed by atoms with Gasteiger partial charge in [0.1, 0.15) is 11.1 Å². The van der Waals surface area contributed by atoms with Crippen molar-refractivity contribution in [1.82, 2.24) is 4.98 Å². The first-order valence-electron chi connectivity index (χ1n) is 6.59. The van der Waals surface area contributed by atoms with E-state index in [2.05, 4.69) is 17.1 Å². The monoisotopic (exact) mass is 276 g/mol. The Hall–Kier alpha value is -1.23. The Morgan fingerprint density at radius 1 is 1.32 bits per heavy atom. The summed E-state index contributed by atoms with van der Waals surface area (Å²) >= 11 is 1.71. The Bertz CT molecular complexity index is 510. The second-order valence-corrected chi connectivity index (χ2v) is 5.46. The number of aromatic nitrogens is 1. The highest BCUT2D eigenvalue weighted by Gasteiger charge is 2.19. The highest BCUT2D eigenvalue weighted by atomic mass is 32.1. The molecule has 0 radical (unpaired) electrons. The minimum absolute atomic E-state index is 0.0681. The number of nitrogens with zero attached hydrogens (tertiary/aromatic N) is 1. The minimum Gasteiger partial charge on any atom is -0.367 e. The summed E-state index contributed by atoms with van der Waals surface area (Å²) in [6.45, 7) is 5.38. The van der Waals surface area contributed by atoms with E-state index in [4.69, 9.17) is 10.5 Å². The van der Waals surface area contributed by atoms with Gasteiger partial charge in [-0.05, 0) is 32.4 Å². The largest absolute Gasteiger partial charge is 0.367 e. The molecule has 2 rings (SSSR count). The van der Waals surface area contributed by atoms with Gasteiger partial charge in [0.2, 0.25) is 0 Å². The Kier molecular flexibility index (Phi) is 5.07. The normalized spacial score (nSPS) is 12.6. The number of aryl methyl sites for hydroxylation is 1. The van der Waals surface area contributed by atoms with Crippen molar-refractivity contribution in [3.8, 4) is 0 Å². The quantitative estimate of drug-likeness (QED) is 0.882. The zero-order valence-corrected chi connectivity index (χ0v) is 12.2. The molecular weight excluding hydrogens is 256 g/mol. The third-order valence-corrected chi connectivity index (χ3v) is 4.20. The van der Waals surface area contributed by atoms with Crippen LogP contribution >= 0.6 is 11.3 Å². The second-order valence-electron chi connectivity index (χ2n) is 4.35. The van der Waals surface area contributed by atoms with Crippen molar-refractivity contribution in [3.63, 3.8) is 0 Å². The summed E-state index contributed by atoms with van der Waals surface area (Å²) in [6, 6.07) is 10.2. The Balaban J connectivity index is 2.31. The predicted octanol–water partition coefficient (Wildman–Crippen LogP) is 3.08. The first kappa shape index (κ1) is 14.2. The van der Waals surface area contributed by atoms with E-state index in [0.717, 1.165) is 22.7 Å². The molecule has 0 saturated carbocycles. The lowest BCUT2D eigenvalue weighted by molar-refractivity contribution is 0.0911. The molecule has 0 spiro atoms. The van der Waals surface area contributed by atoms with Crippen molar-refractivity contribution < 1.29 is 4.74 Å². The zero-order chi connectivity index (χ0) is 13.7. The molecule has 0 bridgehead atoms. The summed E-state index contributed by atoms with van der Waals surface area (Å²) < 4.78 is 5.88. The van der Waals surface area contributed by atoms with Crippen molar-refractivity contribution >= 4 is 11.3 Å². The zero-order valence-electron chi connectivity index (χ0n) is 11.4. The molecule has 0 fully saturated rings. The van der Waals surface area contributed by atoms with Crippen LogP contribution in [0.2, 0.25) is 0 Å². The molecular formula is C15H20N2OS. The standard InChI is InChI=1S/C15H20N2OS/c1-3-18-14(12-7-5-4-6-8-12)15-17-11(2)13(19-15)9-10-16/h4-8,14H,3,9-10,16H2,1-2H3. The summed E-state index contributed by atoms with van der Waals surface area (Å²) in [7, 11) is 0. The van der Waals surface area contributed by atoms with Crippen LogP contribution < -0.4 is 5.73 Å². The van der Waals surface area contributed by atoms with Crippen molar-refractivity contribution in [1.29, 1.82) is 0 Å². The topological polar surface area (TPSA) is 48.1 Å². The smallest absolute Gasteiger partial charge is 0.134 e. The lowest BCUT2D eigenvalue weighted by atomic mass is 10.1. The minimum atomic E-state index is -0.0681. The van der Waals surface area contributed by atoms with Crippen LogP contribution in [0, 0.1) is 6.92 Å². The van der Waals surface area contributed by atoms with E-state index in [1.54, 1.807) is 11.3 Å². The van der Waals surface area contributed by atoms with Gasteiger partial charge in [-0.2, -0.15) is 0 Å². The maximum atomic E-state index is 5.88. The van der Waals surface area contributed by atoms with Gasteiger partial charge in [-0.25, -0.2) is 4.98 Å². The van der Waals surface area contributed by atoms with Gasteiger partial charge in [-0.3, -0.25) is 0 Å². The number of nitrogens with two attached hydrogens (primary N) is 1. The van der Waals surface area contributed by atoms with Gasteiger partial charge in [0.25, 0.3) is 0 Å². The Morgan fingerprint density at radius 3 is 2.68 bits per heavy atom. The van der Waals surface area contributed by atoms with Crippen LogP contribution in [0.3, 0.4) is 0 Å². The summed E-state index contributed by atoms with van der Waals surface area (Å²) in [5.41, 5.74) is 7.86. The van der Waals surface area contributed by atoms with Gasteiger partial charge in [0.05, 0.1) is 5.69 Å². The van der Waals surface area contributed by atoms with Crippen LogP contribution in [0.4, 0.5) is 0 Å². The van der Waals surface area contributed by atoms with E-state index in [1.807, 2.05) is 32.0 Å². The van der Waals surface area contributed by atoms with Crippen molar-refractivity contribution in [2.45, 2.75) is 26.4 Å². The molecule has 19 heavy (non-hydrogen) atoms. The van der Waals surface area contributed by atoms with Crippen LogP contribution in [0.15, 0.2) is 30.3 Å². The lowest BCUT2D eigenvalue weighted by Gasteiger charge is -2.14. The van der Waals surface area contributed by atoms with Gasteiger partial charge in [-0.1, -0.05) is 30.3 Å². The highest BCUT2D eigenvalue weighted by molar-refractivity contribution is 7.11. The molecule has 2 aromatic rings. The number of ether oxygens (including phenoxy) is 1. The fourth-order valence-electron chi connectivity index (χ4n) is 2.03. The predicted molar refractivity (Wildman–Crippen MR) is 79.5 cm³/mol. The number of benzene rings is 1. The van der Waals surface area contributed by atoms with E-state index < -0.39 is 0 Å². The van der Waals surface area contributed by atoms with Gasteiger partial charge in [0, 0.05) is 11.5 Å². The highest BCUT2D eigenvalue weighted by Crippen LogP contribution is 2.31. The van der Waals surface area contributed by atoms with Crippen LogP contribution in [0.25, 0.3) is 0 Å². The van der Waals surface area contributed by atoms with Crippen LogP contribution in [-0.4, -0.2) is 18.1 Å². The van der Waals surface area contributed by atoms with Crippen molar-refractivity contribution in [2.24, 2.45) is 5.73 Å². The van der Waals surface area contributed by atoms with Gasteiger partial charge in [-0.15, -0.1) is 11.3 Å². The molecule has 1 heterocycles. The van der Waals surface area contributed by atoms with E-state index in [0.29, 0.717) is 13.2 Å². The van der Waals surface area contributed by atoms with Crippen LogP contribution in [0.1, 0.15) is 34.2 Å². The summed E-state index contributed by atoms with van der Waals surface area (Å²) in [6.07, 6.45) is 0.818. The molecule has 0 aliphatic heterocycles. The average Bonchev–Trinajstić information content (AvgIpc) is 2.79. The molecule has 1 aromatic carbocycles. The number of rotatable bonds is 6. The van der Waals surface area contributed by atoms with Crippen LogP contribution in [0.5, 0.6) is 0 Å². The molecule has 0 saturated heterocycles. The number of hydrogen-bond acceptors (Lipinski definition) is 4. The molecule has 1 unspecified atom stereocenters. The third-order valence-electron chi connectivity index (χ3n) is 2.94. The molecule has 102 valence electrons. The Morgan fingerprint density at radius 2 is 2.05 bits per heavy atom. The molecule has 4 heteroatoms. The average molecular weight is 276 g/mol. The molecule has 1 aromatic heterocycles. The van der Waals surface area contributed by atoms with Gasteiger partial charge < -0.3 is 10.5 Å². The first-order chi connectivity index (χ1) is 9.26. The van der Waals surface area contributed by atoms with Crippen molar-refractivity contribution in [3.05, 3.63) is 51.5 Å². The molecule has 1 atom stereocenters. The second kappa shape index (κ2) is 6.80. The fourth-order valence-corrected chi connectivity index (χ4v) is 3.19. The maximum Gasteiger partial charge on any atom is 0.134 e. The van der Waals surface area contributed by atoms with E-state index >= 15 is 0 Å². The number of hydrogen-bond donors (Lipinski definition) is 1. The summed E-state index contributed by atoms with van der Waals surface area (Å²) in [5.74, 6) is 0. The van der Waals surface area contributed by atoms with Gasteiger partial charge in [0.15, 0.2) is 0 Å². The summed E-state index contributed by atoms with van der Waals surface area (Å²) in [4.78, 5) is 5.92. The summed E-state index contributed by atoms with van der Waals surface area (Å²) in [5, 5.41) is 1.02. The first-order valence-corrected chi connectivity index (χ1v) is 7.40. The van der Waals surface area contributed by atoms with Crippen LogP contribution in [-0.2, 0) is 11.2 Å². The lowest BCUT2D eigenvalue weighted by Crippen LogP contribution is -2.05. The van der Waals surface area contributed by atoms with E-state index in [1.165, 1.54) is 4.88 Å². The molecule has 3 nitrogen and oxygen atoms in total. The molecule has 2 N–H and O–H groups in total.